The smallest absolute Gasteiger partial charge is 0.339 e. The summed E-state index contributed by atoms with van der Waals surface area (Å²) in [4.78, 5) is 12.6. The molecule has 5 nitrogen and oxygen atoms in total. The maximum absolute atomic E-state index is 12.6. The van der Waals surface area contributed by atoms with E-state index >= 15 is 0 Å². The van der Waals surface area contributed by atoms with E-state index in [9.17, 15) is 9.90 Å². The maximum Gasteiger partial charge on any atom is 0.339 e. The minimum atomic E-state index is -1.26. The highest BCUT2D eigenvalue weighted by Crippen LogP contribution is 2.50. The van der Waals surface area contributed by atoms with Crippen LogP contribution >= 0.6 is 15.9 Å². The Labute approximate surface area is 149 Å². The highest BCUT2D eigenvalue weighted by Gasteiger charge is 2.65. The van der Waals surface area contributed by atoms with E-state index in [-0.39, 0.29) is 18.1 Å². The predicted octanol–water partition coefficient (Wildman–Crippen LogP) is 3.04. The monoisotopic (exact) mass is 396 g/mol. The Balaban J connectivity index is 1.60. The Kier molecular flexibility index (Phi) is 4.19. The Bertz CT molecular complexity index is 650. The molecule has 6 heteroatoms. The topological polar surface area (TPSA) is 65.0 Å². The zero-order valence-corrected chi connectivity index (χ0v) is 15.1. The van der Waals surface area contributed by atoms with E-state index in [0.717, 1.165) is 19.3 Å². The molecular weight excluding hydrogens is 376 g/mol. The van der Waals surface area contributed by atoms with Crippen molar-refractivity contribution >= 4 is 21.9 Å². The first-order valence-corrected chi connectivity index (χ1v) is 9.32. The van der Waals surface area contributed by atoms with Crippen LogP contribution in [0.25, 0.3) is 0 Å². The first kappa shape index (κ1) is 16.5. The molecule has 0 amide bonds. The second-order valence-electron chi connectivity index (χ2n) is 6.85. The van der Waals surface area contributed by atoms with E-state index in [1.807, 2.05) is 6.07 Å². The third-order valence-electron chi connectivity index (χ3n) is 5.60. The third-order valence-corrected chi connectivity index (χ3v) is 6.30. The molecule has 1 N–H and O–H groups in total. The fourth-order valence-electron chi connectivity index (χ4n) is 4.33. The molecule has 0 spiro atoms. The molecule has 3 aliphatic heterocycles. The Morgan fingerprint density at radius 3 is 2.92 bits per heavy atom. The summed E-state index contributed by atoms with van der Waals surface area (Å²) in [6.45, 7) is 2.10. The molecule has 0 radical (unpaired) electrons. The van der Waals surface area contributed by atoms with Crippen LogP contribution in [0, 0.1) is 5.92 Å². The number of hydrogen-bond donors (Lipinski definition) is 1. The average Bonchev–Trinajstić information content (AvgIpc) is 2.55. The van der Waals surface area contributed by atoms with Crippen LogP contribution in [0.15, 0.2) is 28.7 Å². The SMILES string of the molecule is CC[C@@H]1CC[C@@H]2O[C@H]3C[C@H](OC(=O)c4ccccc4Br)[C@]2(O)[C@@H]1O3. The van der Waals surface area contributed by atoms with Gasteiger partial charge < -0.3 is 19.3 Å². The van der Waals surface area contributed by atoms with E-state index in [1.54, 1.807) is 18.2 Å². The second-order valence-corrected chi connectivity index (χ2v) is 7.71. The predicted molar refractivity (Wildman–Crippen MR) is 89.5 cm³/mol. The van der Waals surface area contributed by atoms with Crippen LogP contribution in [-0.4, -0.2) is 41.3 Å². The van der Waals surface area contributed by atoms with Gasteiger partial charge in [-0.1, -0.05) is 25.5 Å². The number of rotatable bonds is 3. The number of halogens is 1. The molecule has 0 unspecified atom stereocenters. The van der Waals surface area contributed by atoms with Gasteiger partial charge in [-0.05, 0) is 46.8 Å². The van der Waals surface area contributed by atoms with Gasteiger partial charge in [-0.2, -0.15) is 0 Å². The van der Waals surface area contributed by atoms with E-state index in [2.05, 4.69) is 22.9 Å². The summed E-state index contributed by atoms with van der Waals surface area (Å²) >= 11 is 3.37. The fraction of sp³-hybridized carbons (Fsp3) is 0.611. The van der Waals surface area contributed by atoms with E-state index in [0.29, 0.717) is 16.5 Å². The number of esters is 1. The van der Waals surface area contributed by atoms with Gasteiger partial charge >= 0.3 is 5.97 Å². The molecule has 1 aromatic rings. The summed E-state index contributed by atoms with van der Waals surface area (Å²) in [5.41, 5.74) is -0.800. The molecule has 5 rings (SSSR count). The highest BCUT2D eigenvalue weighted by molar-refractivity contribution is 9.10. The van der Waals surface area contributed by atoms with Gasteiger partial charge in [-0.15, -0.1) is 0 Å². The molecule has 4 fully saturated rings. The van der Waals surface area contributed by atoms with Crippen molar-refractivity contribution in [3.8, 4) is 0 Å². The summed E-state index contributed by atoms with van der Waals surface area (Å²) < 4.78 is 18.2. The first-order chi connectivity index (χ1) is 11.5. The van der Waals surface area contributed by atoms with Gasteiger partial charge in [0.2, 0.25) is 0 Å². The molecule has 6 atom stereocenters. The number of benzene rings is 1. The van der Waals surface area contributed by atoms with E-state index in [4.69, 9.17) is 14.2 Å². The number of hydrogen-bond acceptors (Lipinski definition) is 5. The van der Waals surface area contributed by atoms with Gasteiger partial charge in [0, 0.05) is 10.9 Å². The van der Waals surface area contributed by atoms with Crippen LogP contribution in [0.2, 0.25) is 0 Å². The molecule has 130 valence electrons. The Morgan fingerprint density at radius 1 is 1.38 bits per heavy atom. The lowest BCUT2D eigenvalue weighted by atomic mass is 9.66. The zero-order chi connectivity index (χ0) is 16.9. The van der Waals surface area contributed by atoms with E-state index in [1.165, 1.54) is 0 Å². The van der Waals surface area contributed by atoms with Gasteiger partial charge in [-0.25, -0.2) is 4.79 Å². The number of ether oxygens (including phenoxy) is 3. The minimum absolute atomic E-state index is 0.266. The summed E-state index contributed by atoms with van der Waals surface area (Å²) in [7, 11) is 0. The van der Waals surface area contributed by atoms with Crippen molar-refractivity contribution in [3.05, 3.63) is 34.3 Å². The number of carbonyl (C=O) groups excluding carboxylic acids is 1. The van der Waals surface area contributed by atoms with Gasteiger partial charge in [0.25, 0.3) is 0 Å². The lowest BCUT2D eigenvalue weighted by Gasteiger charge is -2.60. The third kappa shape index (κ3) is 2.43. The summed E-state index contributed by atoms with van der Waals surface area (Å²) in [6, 6.07) is 7.14. The molecule has 3 heterocycles. The van der Waals surface area contributed by atoms with Crippen LogP contribution in [0.4, 0.5) is 0 Å². The summed E-state index contributed by atoms with van der Waals surface area (Å²) in [5.74, 6) is -0.165. The Hall–Kier alpha value is -0.950. The van der Waals surface area contributed by atoms with Gasteiger partial charge in [0.05, 0.1) is 17.8 Å². The molecule has 24 heavy (non-hydrogen) atoms. The van der Waals surface area contributed by atoms with Crippen LogP contribution in [0.1, 0.15) is 43.0 Å². The molecular formula is C18H21BrO5. The molecule has 1 aliphatic carbocycles. The summed E-state index contributed by atoms with van der Waals surface area (Å²) in [5, 5.41) is 11.4. The number of carbonyl (C=O) groups is 1. The van der Waals surface area contributed by atoms with Crippen molar-refractivity contribution in [1.29, 1.82) is 0 Å². The highest BCUT2D eigenvalue weighted by atomic mass is 79.9. The van der Waals surface area contributed by atoms with Crippen molar-refractivity contribution in [2.45, 2.75) is 62.8 Å². The van der Waals surface area contributed by atoms with Crippen molar-refractivity contribution in [3.63, 3.8) is 0 Å². The quantitative estimate of drug-likeness (QED) is 0.795. The van der Waals surface area contributed by atoms with Crippen molar-refractivity contribution in [1.82, 2.24) is 0 Å². The maximum atomic E-state index is 12.6. The average molecular weight is 397 g/mol. The number of fused-ring (bicyclic) bond motifs is 1. The van der Waals surface area contributed by atoms with Crippen LogP contribution in [-0.2, 0) is 14.2 Å². The van der Waals surface area contributed by atoms with Crippen LogP contribution < -0.4 is 0 Å². The molecule has 0 aromatic heterocycles. The normalized spacial score (nSPS) is 40.4. The standard InChI is InChI=1S/C18H21BrO5/c1-2-10-7-8-13-18(21)14(9-15(22-13)24-16(10)18)23-17(20)11-5-3-4-6-12(11)19/h3-6,10,13-16,21H,2,7-9H2,1H3/t10-,13+,14+,15-,16-,18+/m1/s1. The summed E-state index contributed by atoms with van der Waals surface area (Å²) in [6.07, 6.45) is 1.38. The molecule has 1 saturated carbocycles. The van der Waals surface area contributed by atoms with Gasteiger partial charge in [0.15, 0.2) is 11.9 Å². The molecule has 4 bridgehead atoms. The Morgan fingerprint density at radius 2 is 2.17 bits per heavy atom. The molecule has 3 saturated heterocycles. The lowest BCUT2D eigenvalue weighted by molar-refractivity contribution is -0.403. The second kappa shape index (κ2) is 6.09. The van der Waals surface area contributed by atoms with Gasteiger partial charge in [0.1, 0.15) is 6.10 Å². The van der Waals surface area contributed by atoms with Crippen LogP contribution in [0.5, 0.6) is 0 Å². The largest absolute Gasteiger partial charge is 0.455 e. The minimum Gasteiger partial charge on any atom is -0.455 e. The van der Waals surface area contributed by atoms with Crippen molar-refractivity contribution < 1.29 is 24.1 Å². The number of aliphatic hydroxyl groups is 1. The van der Waals surface area contributed by atoms with Crippen LogP contribution in [0.3, 0.4) is 0 Å². The first-order valence-electron chi connectivity index (χ1n) is 8.52. The molecule has 1 aromatic carbocycles. The lowest BCUT2D eigenvalue weighted by Crippen LogP contribution is -2.75. The van der Waals surface area contributed by atoms with Crippen molar-refractivity contribution in [2.75, 3.05) is 0 Å². The van der Waals surface area contributed by atoms with Crippen molar-refractivity contribution in [2.24, 2.45) is 5.92 Å². The van der Waals surface area contributed by atoms with Gasteiger partial charge in [-0.3, -0.25) is 0 Å². The zero-order valence-electron chi connectivity index (χ0n) is 13.5. The molecule has 4 aliphatic rings. The fourth-order valence-corrected chi connectivity index (χ4v) is 4.78. The van der Waals surface area contributed by atoms with E-state index < -0.39 is 24.0 Å².